The molecule has 0 bridgehead atoms. The Balaban J connectivity index is 1.37. The molecular weight excluding hydrogens is 442 g/mol. The number of nitrogens with two attached hydrogens (primary N) is 1. The van der Waals surface area contributed by atoms with E-state index in [2.05, 4.69) is 4.90 Å². The molecule has 2 heterocycles. The number of rotatable bonds is 5. The normalized spacial score (nSPS) is 16.1. The first-order valence-corrected chi connectivity index (χ1v) is 11.8. The fourth-order valence-electron chi connectivity index (χ4n) is 4.67. The van der Waals surface area contributed by atoms with Gasteiger partial charge < -0.3 is 25.0 Å². The van der Waals surface area contributed by atoms with E-state index >= 15 is 0 Å². The lowest BCUT2D eigenvalue weighted by Crippen LogP contribution is -2.40. The van der Waals surface area contributed by atoms with Crippen LogP contribution in [0.25, 0.3) is 10.8 Å². The molecule has 2 aliphatic heterocycles. The number of likely N-dealkylation sites (tertiary alicyclic amines) is 1. The molecule has 0 atom stereocenters. The number of amides is 1. The van der Waals surface area contributed by atoms with Gasteiger partial charge in [0.25, 0.3) is 5.91 Å². The molecule has 0 unspecified atom stereocenters. The largest absolute Gasteiger partial charge is 0.490 e. The Kier molecular flexibility index (Phi) is 6.03. The van der Waals surface area contributed by atoms with Gasteiger partial charge in [0.15, 0.2) is 6.61 Å². The molecule has 8 nitrogen and oxygen atoms in total. The molecule has 3 aromatic rings. The monoisotopic (exact) mass is 471 g/mol. The fraction of sp³-hybridized carbons (Fsp3) is 0.296. The summed E-state index contributed by atoms with van der Waals surface area (Å²) in [7, 11) is 0. The first-order valence-electron chi connectivity index (χ1n) is 11.8. The number of carbonyl (C=O) groups is 1. The quantitative estimate of drug-likeness (QED) is 0.386. The van der Waals surface area contributed by atoms with E-state index in [-0.39, 0.29) is 24.5 Å². The van der Waals surface area contributed by atoms with Crippen molar-refractivity contribution in [1.29, 1.82) is 10.8 Å². The van der Waals surface area contributed by atoms with Gasteiger partial charge in [-0.2, -0.15) is 0 Å². The third-order valence-corrected chi connectivity index (χ3v) is 6.65. The van der Waals surface area contributed by atoms with Crippen molar-refractivity contribution < 1.29 is 14.3 Å². The highest BCUT2D eigenvalue weighted by molar-refractivity contribution is 6.00. The number of nitrogens with one attached hydrogen (secondary N) is 2. The Bertz CT molecular complexity index is 1310. The molecule has 1 fully saturated rings. The number of anilines is 1. The van der Waals surface area contributed by atoms with E-state index in [0.29, 0.717) is 35.1 Å². The van der Waals surface area contributed by atoms with Gasteiger partial charge in [-0.25, -0.2) is 0 Å². The van der Waals surface area contributed by atoms with Crippen LogP contribution in [0.3, 0.4) is 0 Å². The Morgan fingerprint density at radius 2 is 1.83 bits per heavy atom. The van der Waals surface area contributed by atoms with Crippen molar-refractivity contribution in [1.82, 2.24) is 4.90 Å². The SMILES string of the molecule is CC(=N)N1CCC(Oc2ccc3c(c2)N(Cc2ccc4ccc(C(=N)N)cc4c2)C(=O)CO3)CC1. The van der Waals surface area contributed by atoms with Crippen LogP contribution in [-0.2, 0) is 11.3 Å². The summed E-state index contributed by atoms with van der Waals surface area (Å²) in [5, 5.41) is 17.5. The lowest BCUT2D eigenvalue weighted by atomic mass is 10.0. The molecule has 0 aromatic heterocycles. The molecule has 3 aromatic carbocycles. The minimum absolute atomic E-state index is 0.00327. The number of nitrogen functional groups attached to an aromatic ring is 1. The van der Waals surface area contributed by atoms with Crippen LogP contribution in [0.15, 0.2) is 54.6 Å². The average molecular weight is 472 g/mol. The van der Waals surface area contributed by atoms with Crippen molar-refractivity contribution in [2.75, 3.05) is 24.6 Å². The minimum Gasteiger partial charge on any atom is -0.490 e. The number of hydrogen-bond acceptors (Lipinski definition) is 5. The molecule has 0 saturated carbocycles. The number of benzene rings is 3. The maximum absolute atomic E-state index is 12.9. The van der Waals surface area contributed by atoms with Crippen LogP contribution in [0.2, 0.25) is 0 Å². The number of amidine groups is 2. The summed E-state index contributed by atoms with van der Waals surface area (Å²) in [5.74, 6) is 1.88. The van der Waals surface area contributed by atoms with Gasteiger partial charge in [-0.15, -0.1) is 0 Å². The molecular formula is C27H29N5O3. The molecule has 0 aliphatic carbocycles. The highest BCUT2D eigenvalue weighted by Gasteiger charge is 2.27. The summed E-state index contributed by atoms with van der Waals surface area (Å²) < 4.78 is 11.9. The van der Waals surface area contributed by atoms with Gasteiger partial charge in [0.2, 0.25) is 0 Å². The van der Waals surface area contributed by atoms with Gasteiger partial charge in [0.1, 0.15) is 23.4 Å². The van der Waals surface area contributed by atoms with Crippen molar-refractivity contribution in [3.8, 4) is 11.5 Å². The first kappa shape index (κ1) is 22.7. The van der Waals surface area contributed by atoms with Crippen molar-refractivity contribution in [2.45, 2.75) is 32.4 Å². The maximum Gasteiger partial charge on any atom is 0.265 e. The van der Waals surface area contributed by atoms with Gasteiger partial charge >= 0.3 is 0 Å². The standard InChI is InChI=1S/C27H29N5O3/c1-17(28)31-10-8-22(9-11-31)35-23-6-7-25-24(14-23)32(26(33)16-34-25)15-18-2-3-19-4-5-20(27(29)30)13-21(19)12-18/h2-7,12-14,22,28H,8-11,15-16H2,1H3,(H3,29,30). The molecule has 1 saturated heterocycles. The lowest BCUT2D eigenvalue weighted by Gasteiger charge is -2.33. The van der Waals surface area contributed by atoms with Gasteiger partial charge in [-0.3, -0.25) is 15.6 Å². The fourth-order valence-corrected chi connectivity index (χ4v) is 4.67. The number of nitrogens with zero attached hydrogens (tertiary/aromatic N) is 2. The van der Waals surface area contributed by atoms with Crippen LogP contribution in [0.5, 0.6) is 11.5 Å². The Morgan fingerprint density at radius 3 is 2.57 bits per heavy atom. The molecule has 0 radical (unpaired) electrons. The summed E-state index contributed by atoms with van der Waals surface area (Å²) in [6, 6.07) is 17.4. The summed E-state index contributed by atoms with van der Waals surface area (Å²) in [4.78, 5) is 16.7. The van der Waals surface area contributed by atoms with E-state index < -0.39 is 0 Å². The number of piperidine rings is 1. The van der Waals surface area contributed by atoms with Crippen LogP contribution < -0.4 is 20.1 Å². The molecule has 0 spiro atoms. The summed E-state index contributed by atoms with van der Waals surface area (Å²) in [6.45, 7) is 3.83. The molecule has 8 heteroatoms. The number of hydrogen-bond donors (Lipinski definition) is 3. The van der Waals surface area contributed by atoms with E-state index in [1.807, 2.05) is 61.5 Å². The van der Waals surface area contributed by atoms with E-state index in [4.69, 9.17) is 26.0 Å². The second-order valence-electron chi connectivity index (χ2n) is 9.10. The minimum atomic E-state index is -0.109. The zero-order valence-corrected chi connectivity index (χ0v) is 19.7. The zero-order chi connectivity index (χ0) is 24.5. The smallest absolute Gasteiger partial charge is 0.265 e. The van der Waals surface area contributed by atoms with Crippen LogP contribution in [0.4, 0.5) is 5.69 Å². The number of fused-ring (bicyclic) bond motifs is 2. The molecule has 2 aliphatic rings. The van der Waals surface area contributed by atoms with Gasteiger partial charge in [-0.1, -0.05) is 24.3 Å². The second kappa shape index (κ2) is 9.29. The second-order valence-corrected chi connectivity index (χ2v) is 9.10. The maximum atomic E-state index is 12.9. The van der Waals surface area contributed by atoms with Crippen LogP contribution in [0.1, 0.15) is 30.9 Å². The molecule has 4 N–H and O–H groups in total. The van der Waals surface area contributed by atoms with E-state index in [1.165, 1.54) is 0 Å². The predicted molar refractivity (Wildman–Crippen MR) is 137 cm³/mol. The first-order chi connectivity index (χ1) is 16.9. The summed E-state index contributed by atoms with van der Waals surface area (Å²) >= 11 is 0. The molecule has 1 amide bonds. The summed E-state index contributed by atoms with van der Waals surface area (Å²) in [6.07, 6.45) is 1.78. The van der Waals surface area contributed by atoms with Crippen molar-refractivity contribution in [2.24, 2.45) is 5.73 Å². The van der Waals surface area contributed by atoms with Crippen LogP contribution in [0, 0.1) is 10.8 Å². The number of carbonyl (C=O) groups excluding carboxylic acids is 1. The highest BCUT2D eigenvalue weighted by atomic mass is 16.5. The van der Waals surface area contributed by atoms with E-state index in [1.54, 1.807) is 4.90 Å². The van der Waals surface area contributed by atoms with E-state index in [0.717, 1.165) is 42.3 Å². The predicted octanol–water partition coefficient (Wildman–Crippen LogP) is 3.89. The van der Waals surface area contributed by atoms with Crippen molar-refractivity contribution in [3.05, 3.63) is 65.7 Å². The topological polar surface area (TPSA) is 116 Å². The third kappa shape index (κ3) is 4.77. The van der Waals surface area contributed by atoms with Gasteiger partial charge in [-0.05, 0) is 47.5 Å². The summed E-state index contributed by atoms with van der Waals surface area (Å²) in [5.41, 5.74) is 8.00. The Labute approximate surface area is 204 Å². The average Bonchev–Trinajstić information content (AvgIpc) is 2.85. The lowest BCUT2D eigenvalue weighted by molar-refractivity contribution is -0.121. The highest BCUT2D eigenvalue weighted by Crippen LogP contribution is 2.37. The molecule has 5 rings (SSSR count). The van der Waals surface area contributed by atoms with Crippen molar-refractivity contribution in [3.63, 3.8) is 0 Å². The third-order valence-electron chi connectivity index (χ3n) is 6.65. The van der Waals surface area contributed by atoms with Crippen molar-refractivity contribution >= 4 is 34.0 Å². The van der Waals surface area contributed by atoms with Crippen LogP contribution >= 0.6 is 0 Å². The molecule has 180 valence electrons. The van der Waals surface area contributed by atoms with Crippen LogP contribution in [-0.4, -0.2) is 48.3 Å². The zero-order valence-electron chi connectivity index (χ0n) is 19.7. The molecule has 35 heavy (non-hydrogen) atoms. The Morgan fingerprint density at radius 1 is 1.06 bits per heavy atom. The number of ether oxygens (including phenoxy) is 2. The van der Waals surface area contributed by atoms with Gasteiger partial charge in [0, 0.05) is 37.6 Å². The van der Waals surface area contributed by atoms with E-state index in [9.17, 15) is 4.79 Å². The van der Waals surface area contributed by atoms with Gasteiger partial charge in [0.05, 0.1) is 18.1 Å². The Hall–Kier alpha value is -4.07.